The van der Waals surface area contributed by atoms with Gasteiger partial charge in [0.05, 0.1) is 0 Å². The van der Waals surface area contributed by atoms with E-state index in [9.17, 15) is 4.79 Å². The van der Waals surface area contributed by atoms with Gasteiger partial charge >= 0.3 is 5.63 Å². The fourth-order valence-corrected chi connectivity index (χ4v) is 2.25. The second-order valence-electron chi connectivity index (χ2n) is 4.47. The summed E-state index contributed by atoms with van der Waals surface area (Å²) in [5, 5.41) is 4.03. The molecule has 1 aromatic heterocycles. The largest absolute Gasteiger partial charge is 0.421 e. The van der Waals surface area contributed by atoms with Crippen LogP contribution in [0.15, 0.2) is 68.3 Å². The summed E-state index contributed by atoms with van der Waals surface area (Å²) in [6, 6.07) is 17.2. The van der Waals surface area contributed by atoms with E-state index in [0.717, 1.165) is 15.4 Å². The molecule has 0 radical (unpaired) electrons. The highest BCUT2D eigenvalue weighted by molar-refractivity contribution is 9.10. The second-order valence-corrected chi connectivity index (χ2v) is 5.38. The predicted molar refractivity (Wildman–Crippen MR) is 84.0 cm³/mol. The van der Waals surface area contributed by atoms with Crippen LogP contribution in [0.4, 0.5) is 5.69 Å². The molecule has 1 N–H and O–H groups in total. The number of hydrogen-bond donors (Lipinski definition) is 1. The van der Waals surface area contributed by atoms with E-state index in [1.54, 1.807) is 6.07 Å². The summed E-state index contributed by atoms with van der Waals surface area (Å²) >= 11 is 3.39. The first-order chi connectivity index (χ1) is 9.72. The van der Waals surface area contributed by atoms with E-state index in [4.69, 9.17) is 4.42 Å². The minimum Gasteiger partial charge on any atom is -0.421 e. The van der Waals surface area contributed by atoms with Crippen molar-refractivity contribution in [2.75, 3.05) is 5.32 Å². The third kappa shape index (κ3) is 2.75. The quantitative estimate of drug-likeness (QED) is 0.733. The van der Waals surface area contributed by atoms with Crippen molar-refractivity contribution < 1.29 is 4.42 Å². The number of nitrogens with one attached hydrogen (secondary N) is 1. The number of rotatable bonds is 3. The van der Waals surface area contributed by atoms with Gasteiger partial charge in [-0.15, -0.1) is 0 Å². The maximum absolute atomic E-state index is 11.9. The van der Waals surface area contributed by atoms with Gasteiger partial charge in [0.1, 0.15) is 11.3 Å². The number of para-hydroxylation sites is 1. The van der Waals surface area contributed by atoms with Crippen LogP contribution in [-0.4, -0.2) is 0 Å². The molecular formula is C16H12BrNO2. The lowest BCUT2D eigenvalue weighted by atomic mass is 10.2. The van der Waals surface area contributed by atoms with Gasteiger partial charge in [-0.1, -0.05) is 46.3 Å². The van der Waals surface area contributed by atoms with E-state index in [1.165, 1.54) is 0 Å². The predicted octanol–water partition coefficient (Wildman–Crippen LogP) is 4.17. The SMILES string of the molecule is O=c1oc2ccccc2cc1NCc1ccc(Br)cc1. The van der Waals surface area contributed by atoms with Crippen molar-refractivity contribution in [1.82, 2.24) is 0 Å². The summed E-state index contributed by atoms with van der Waals surface area (Å²) in [5.74, 6) is 0. The Labute approximate surface area is 124 Å². The molecule has 0 aliphatic rings. The molecule has 0 aliphatic carbocycles. The molecule has 0 bridgehead atoms. The van der Waals surface area contributed by atoms with Crippen LogP contribution in [0.1, 0.15) is 5.56 Å². The highest BCUT2D eigenvalue weighted by Crippen LogP contribution is 2.16. The Morgan fingerprint density at radius 1 is 1.05 bits per heavy atom. The summed E-state index contributed by atoms with van der Waals surface area (Å²) in [7, 11) is 0. The summed E-state index contributed by atoms with van der Waals surface area (Å²) in [6.07, 6.45) is 0. The summed E-state index contributed by atoms with van der Waals surface area (Å²) < 4.78 is 6.31. The Kier molecular flexibility index (Phi) is 3.56. The van der Waals surface area contributed by atoms with Crippen molar-refractivity contribution in [1.29, 1.82) is 0 Å². The number of halogens is 1. The Hall–Kier alpha value is -2.07. The van der Waals surface area contributed by atoms with Gasteiger partial charge in [0, 0.05) is 16.4 Å². The van der Waals surface area contributed by atoms with Crippen molar-refractivity contribution in [3.63, 3.8) is 0 Å². The van der Waals surface area contributed by atoms with E-state index in [-0.39, 0.29) is 5.63 Å². The van der Waals surface area contributed by atoms with Gasteiger partial charge in [0.15, 0.2) is 0 Å². The summed E-state index contributed by atoms with van der Waals surface area (Å²) in [5.41, 5.74) is 1.83. The lowest BCUT2D eigenvalue weighted by Crippen LogP contribution is -2.10. The maximum atomic E-state index is 11.9. The zero-order valence-corrected chi connectivity index (χ0v) is 12.2. The molecule has 0 atom stereocenters. The maximum Gasteiger partial charge on any atom is 0.359 e. The smallest absolute Gasteiger partial charge is 0.359 e. The number of anilines is 1. The van der Waals surface area contributed by atoms with E-state index in [1.807, 2.05) is 48.5 Å². The van der Waals surface area contributed by atoms with Gasteiger partial charge in [-0.05, 0) is 29.8 Å². The standard InChI is InChI=1S/C16H12BrNO2/c17-13-7-5-11(6-8-13)10-18-14-9-12-3-1-2-4-15(12)20-16(14)19/h1-9,18H,10H2. The van der Waals surface area contributed by atoms with Crippen LogP contribution in [-0.2, 0) is 6.54 Å². The molecule has 0 aliphatic heterocycles. The highest BCUT2D eigenvalue weighted by atomic mass is 79.9. The lowest BCUT2D eigenvalue weighted by molar-refractivity contribution is 0.563. The average Bonchev–Trinajstić information content (AvgIpc) is 2.47. The molecule has 0 fully saturated rings. The molecular weight excluding hydrogens is 318 g/mol. The minimum absolute atomic E-state index is 0.346. The highest BCUT2D eigenvalue weighted by Gasteiger charge is 2.04. The Morgan fingerprint density at radius 2 is 1.80 bits per heavy atom. The van der Waals surface area contributed by atoms with E-state index in [2.05, 4.69) is 21.2 Å². The fraction of sp³-hybridized carbons (Fsp3) is 0.0625. The van der Waals surface area contributed by atoms with E-state index >= 15 is 0 Å². The molecule has 0 saturated carbocycles. The first kappa shape index (κ1) is 12.9. The number of benzene rings is 2. The molecule has 3 rings (SSSR count). The van der Waals surface area contributed by atoms with Crippen LogP contribution in [0.2, 0.25) is 0 Å². The van der Waals surface area contributed by atoms with Gasteiger partial charge in [-0.3, -0.25) is 0 Å². The second kappa shape index (κ2) is 5.51. The number of hydrogen-bond acceptors (Lipinski definition) is 3. The number of fused-ring (bicyclic) bond motifs is 1. The molecule has 2 aromatic carbocycles. The monoisotopic (exact) mass is 329 g/mol. The van der Waals surface area contributed by atoms with Gasteiger partial charge < -0.3 is 9.73 Å². The third-order valence-electron chi connectivity index (χ3n) is 3.04. The van der Waals surface area contributed by atoms with Crippen LogP contribution < -0.4 is 10.9 Å². The molecule has 1 heterocycles. The zero-order chi connectivity index (χ0) is 13.9. The van der Waals surface area contributed by atoms with Crippen LogP contribution >= 0.6 is 15.9 Å². The molecule has 3 nitrogen and oxygen atoms in total. The van der Waals surface area contributed by atoms with Crippen molar-refractivity contribution in [3.05, 3.63) is 75.1 Å². The Bertz CT molecular complexity index is 793. The van der Waals surface area contributed by atoms with Gasteiger partial charge in [-0.25, -0.2) is 4.79 Å². The Morgan fingerprint density at radius 3 is 2.60 bits per heavy atom. The first-order valence-electron chi connectivity index (χ1n) is 6.23. The average molecular weight is 330 g/mol. The van der Waals surface area contributed by atoms with E-state index < -0.39 is 0 Å². The van der Waals surface area contributed by atoms with Crippen LogP contribution in [0.3, 0.4) is 0 Å². The normalized spacial score (nSPS) is 10.7. The van der Waals surface area contributed by atoms with Crippen LogP contribution in [0.5, 0.6) is 0 Å². The zero-order valence-electron chi connectivity index (χ0n) is 10.6. The van der Waals surface area contributed by atoms with E-state index in [0.29, 0.717) is 17.8 Å². The van der Waals surface area contributed by atoms with Crippen LogP contribution in [0.25, 0.3) is 11.0 Å². The van der Waals surface area contributed by atoms with Crippen molar-refractivity contribution in [3.8, 4) is 0 Å². The molecule has 20 heavy (non-hydrogen) atoms. The molecule has 0 saturated heterocycles. The molecule has 100 valence electrons. The van der Waals surface area contributed by atoms with Crippen molar-refractivity contribution in [2.45, 2.75) is 6.54 Å². The fourth-order valence-electron chi connectivity index (χ4n) is 1.98. The van der Waals surface area contributed by atoms with Crippen molar-refractivity contribution in [2.24, 2.45) is 0 Å². The lowest BCUT2D eigenvalue weighted by Gasteiger charge is -2.06. The topological polar surface area (TPSA) is 42.2 Å². The molecule has 0 spiro atoms. The summed E-state index contributed by atoms with van der Waals surface area (Å²) in [4.78, 5) is 11.9. The van der Waals surface area contributed by atoms with Crippen LogP contribution in [0, 0.1) is 0 Å². The van der Waals surface area contributed by atoms with Gasteiger partial charge in [0.25, 0.3) is 0 Å². The molecule has 3 aromatic rings. The van der Waals surface area contributed by atoms with Gasteiger partial charge in [0.2, 0.25) is 0 Å². The molecule has 4 heteroatoms. The molecule has 0 amide bonds. The van der Waals surface area contributed by atoms with Crippen molar-refractivity contribution >= 4 is 32.6 Å². The third-order valence-corrected chi connectivity index (χ3v) is 3.57. The Balaban J connectivity index is 1.85. The molecule has 0 unspecified atom stereocenters. The van der Waals surface area contributed by atoms with Gasteiger partial charge in [-0.2, -0.15) is 0 Å². The minimum atomic E-state index is -0.346. The first-order valence-corrected chi connectivity index (χ1v) is 7.03. The summed E-state index contributed by atoms with van der Waals surface area (Å²) in [6.45, 7) is 0.580.